The third kappa shape index (κ3) is 7.28. The smallest absolute Gasteiger partial charge is 0.381 e. The maximum Gasteiger partial charge on any atom is 0.418 e. The van der Waals surface area contributed by atoms with Gasteiger partial charge in [-0.2, -0.15) is 18.3 Å². The molecule has 1 aromatic carbocycles. The average molecular weight is 532 g/mol. The predicted molar refractivity (Wildman–Crippen MR) is 137 cm³/mol. The number of halogens is 4. The molecule has 2 aliphatic rings. The molecule has 1 aliphatic carbocycles. The first-order valence-corrected chi connectivity index (χ1v) is 13.2. The number of rotatable bonds is 4. The number of hydrogen-bond donors (Lipinski definition) is 0. The van der Waals surface area contributed by atoms with Crippen LogP contribution < -0.4 is 5.56 Å². The molecule has 2 aromatic heterocycles. The van der Waals surface area contributed by atoms with E-state index < -0.39 is 11.7 Å². The van der Waals surface area contributed by atoms with E-state index in [1.807, 2.05) is 19.1 Å². The van der Waals surface area contributed by atoms with Crippen molar-refractivity contribution in [3.05, 3.63) is 92.9 Å². The van der Waals surface area contributed by atoms with Gasteiger partial charge in [0.05, 0.1) is 23.5 Å². The molecule has 2 fully saturated rings. The number of alkyl halides is 3. The first-order chi connectivity index (χ1) is 18.2. The van der Waals surface area contributed by atoms with Crippen LogP contribution in [0.1, 0.15) is 84.9 Å². The fourth-order valence-electron chi connectivity index (χ4n) is 5.16. The molecule has 0 radical (unpaired) electrons. The molecule has 38 heavy (non-hydrogen) atoms. The first-order valence-electron chi connectivity index (χ1n) is 13.2. The molecule has 0 atom stereocenters. The van der Waals surface area contributed by atoms with E-state index in [1.165, 1.54) is 29.1 Å². The van der Waals surface area contributed by atoms with Crippen LogP contribution >= 0.6 is 0 Å². The lowest BCUT2D eigenvalue weighted by Crippen LogP contribution is -2.32. The normalized spacial score (nSPS) is 17.1. The molecule has 0 unspecified atom stereocenters. The van der Waals surface area contributed by atoms with Crippen LogP contribution in [0.2, 0.25) is 0 Å². The summed E-state index contributed by atoms with van der Waals surface area (Å²) in [6, 6.07) is 10.7. The highest BCUT2D eigenvalue weighted by atomic mass is 19.4. The summed E-state index contributed by atoms with van der Waals surface area (Å²) in [5.74, 6) is 0.133. The number of ether oxygens (including phenoxy) is 1. The van der Waals surface area contributed by atoms with Crippen molar-refractivity contribution in [3.63, 3.8) is 0 Å². The van der Waals surface area contributed by atoms with Gasteiger partial charge in [0.15, 0.2) is 0 Å². The van der Waals surface area contributed by atoms with Gasteiger partial charge >= 0.3 is 6.18 Å². The molecule has 0 spiro atoms. The summed E-state index contributed by atoms with van der Waals surface area (Å²) in [5.41, 5.74) is 1.13. The molecule has 3 heterocycles. The Labute approximate surface area is 219 Å². The van der Waals surface area contributed by atoms with Crippen LogP contribution in [-0.2, 0) is 17.5 Å². The molecule has 1 saturated carbocycles. The fraction of sp³-hybridized carbons (Fsp3) is 0.483. The zero-order valence-electron chi connectivity index (χ0n) is 21.5. The van der Waals surface area contributed by atoms with E-state index in [0.717, 1.165) is 62.3 Å². The van der Waals surface area contributed by atoms with Crippen LogP contribution in [0, 0.1) is 12.7 Å². The average Bonchev–Trinajstić information content (AvgIpc) is 2.91. The molecular formula is C29H33F4N3O2. The Morgan fingerprint density at radius 3 is 2.34 bits per heavy atom. The zero-order chi connectivity index (χ0) is 27.1. The molecular weight excluding hydrogens is 498 g/mol. The third-order valence-corrected chi connectivity index (χ3v) is 7.18. The molecule has 1 aliphatic heterocycles. The monoisotopic (exact) mass is 531 g/mol. The number of aromatic nitrogens is 3. The Morgan fingerprint density at radius 2 is 1.71 bits per heavy atom. The summed E-state index contributed by atoms with van der Waals surface area (Å²) in [4.78, 5) is 17.2. The van der Waals surface area contributed by atoms with Gasteiger partial charge in [-0.25, -0.2) is 9.07 Å². The first kappa shape index (κ1) is 28.0. The van der Waals surface area contributed by atoms with Gasteiger partial charge in [-0.15, -0.1) is 0 Å². The van der Waals surface area contributed by atoms with E-state index in [2.05, 4.69) is 10.1 Å². The third-order valence-electron chi connectivity index (χ3n) is 7.18. The molecule has 5 rings (SSSR count). The maximum atomic E-state index is 13.4. The van der Waals surface area contributed by atoms with Crippen molar-refractivity contribution in [3.8, 4) is 0 Å². The van der Waals surface area contributed by atoms with Gasteiger partial charge in [0.2, 0.25) is 0 Å². The Balaban J connectivity index is 0.000000360. The van der Waals surface area contributed by atoms with E-state index in [9.17, 15) is 22.4 Å². The highest BCUT2D eigenvalue weighted by Crippen LogP contribution is 2.34. The quantitative estimate of drug-likeness (QED) is 0.348. The van der Waals surface area contributed by atoms with Gasteiger partial charge in [-0.05, 0) is 74.4 Å². The van der Waals surface area contributed by atoms with Crippen LogP contribution in [0.4, 0.5) is 17.6 Å². The highest BCUT2D eigenvalue weighted by molar-refractivity contribution is 5.25. The van der Waals surface area contributed by atoms with Gasteiger partial charge in [0, 0.05) is 30.9 Å². The highest BCUT2D eigenvalue weighted by Gasteiger charge is 2.34. The van der Waals surface area contributed by atoms with Crippen molar-refractivity contribution < 1.29 is 22.3 Å². The van der Waals surface area contributed by atoms with Crippen LogP contribution in [-0.4, -0.2) is 28.0 Å². The second kappa shape index (κ2) is 12.7. The van der Waals surface area contributed by atoms with Crippen molar-refractivity contribution in [1.82, 2.24) is 14.8 Å². The number of pyridine rings is 1. The van der Waals surface area contributed by atoms with Crippen molar-refractivity contribution in [2.24, 2.45) is 0 Å². The van der Waals surface area contributed by atoms with Crippen LogP contribution in [0.3, 0.4) is 0 Å². The molecule has 0 bridgehead atoms. The van der Waals surface area contributed by atoms with Crippen molar-refractivity contribution >= 4 is 0 Å². The molecule has 0 amide bonds. The van der Waals surface area contributed by atoms with Crippen LogP contribution in [0.5, 0.6) is 0 Å². The van der Waals surface area contributed by atoms with Crippen molar-refractivity contribution in [1.29, 1.82) is 0 Å². The van der Waals surface area contributed by atoms with E-state index in [0.29, 0.717) is 18.8 Å². The molecule has 0 N–H and O–H groups in total. The lowest BCUT2D eigenvalue weighted by Gasteiger charge is -2.26. The summed E-state index contributed by atoms with van der Waals surface area (Å²) in [6.45, 7) is 2.83. The summed E-state index contributed by atoms with van der Waals surface area (Å²) >= 11 is 0. The summed E-state index contributed by atoms with van der Waals surface area (Å²) in [6.07, 6.45) is 3.55. The van der Waals surface area contributed by atoms with Gasteiger partial charge in [0.25, 0.3) is 5.56 Å². The topological polar surface area (TPSA) is 57.0 Å². The van der Waals surface area contributed by atoms with Gasteiger partial charge in [-0.1, -0.05) is 31.4 Å². The summed E-state index contributed by atoms with van der Waals surface area (Å²) in [7, 11) is 0. The molecule has 5 nitrogen and oxygen atoms in total. The lowest BCUT2D eigenvalue weighted by molar-refractivity contribution is -0.138. The van der Waals surface area contributed by atoms with Gasteiger partial charge in [-0.3, -0.25) is 9.78 Å². The predicted octanol–water partition coefficient (Wildman–Crippen LogP) is 6.78. The molecule has 3 aromatic rings. The van der Waals surface area contributed by atoms with Gasteiger partial charge < -0.3 is 4.74 Å². The standard InChI is InChI=1S/C22H26F3N3O2.C7H7F/c23-22(24,25)18-7-4-10-26-20(18)14-28-21(29)17(15-5-2-1-3-6-15)13-19(27-28)16-8-11-30-12-9-16;1-6-3-2-4-7(8)5-6/h4,7,10,13,15-16H,1-3,5-6,8-9,11-12,14H2;2-5H,1H3. The van der Waals surface area contributed by atoms with E-state index in [4.69, 9.17) is 4.74 Å². The van der Waals surface area contributed by atoms with Gasteiger partial charge in [0.1, 0.15) is 5.82 Å². The van der Waals surface area contributed by atoms with Crippen LogP contribution in [0.15, 0.2) is 53.5 Å². The SMILES string of the molecule is Cc1cccc(F)c1.O=c1c(C2CCCCC2)cc(C2CCOCC2)nn1Cc1ncccc1C(F)(F)F. The summed E-state index contributed by atoms with van der Waals surface area (Å²) < 4.78 is 59.1. The number of aryl methyl sites for hydroxylation is 1. The van der Waals surface area contributed by atoms with E-state index in [-0.39, 0.29) is 35.5 Å². The number of benzene rings is 1. The second-order valence-corrected chi connectivity index (χ2v) is 10.0. The maximum absolute atomic E-state index is 13.4. The Kier molecular flexibility index (Phi) is 9.31. The minimum atomic E-state index is -4.53. The largest absolute Gasteiger partial charge is 0.418 e. The molecule has 1 saturated heterocycles. The van der Waals surface area contributed by atoms with Crippen LogP contribution in [0.25, 0.3) is 0 Å². The summed E-state index contributed by atoms with van der Waals surface area (Å²) in [5, 5.41) is 4.51. The molecule has 204 valence electrons. The van der Waals surface area contributed by atoms with Crippen molar-refractivity contribution in [2.45, 2.75) is 76.4 Å². The fourth-order valence-corrected chi connectivity index (χ4v) is 5.16. The minimum Gasteiger partial charge on any atom is -0.381 e. The Bertz CT molecular complexity index is 1250. The van der Waals surface area contributed by atoms with E-state index in [1.54, 1.807) is 6.07 Å². The minimum absolute atomic E-state index is 0.143. The number of nitrogens with zero attached hydrogens (tertiary/aromatic N) is 3. The number of hydrogen-bond acceptors (Lipinski definition) is 4. The van der Waals surface area contributed by atoms with Crippen molar-refractivity contribution in [2.75, 3.05) is 13.2 Å². The lowest BCUT2D eigenvalue weighted by atomic mass is 9.83. The Morgan fingerprint density at radius 1 is 0.974 bits per heavy atom. The molecule has 9 heteroatoms. The second-order valence-electron chi connectivity index (χ2n) is 10.0. The Hall–Kier alpha value is -3.07. The van der Waals surface area contributed by atoms with E-state index >= 15 is 0 Å². The zero-order valence-corrected chi connectivity index (χ0v) is 21.5.